The van der Waals surface area contributed by atoms with E-state index in [0.717, 1.165) is 18.4 Å². The van der Waals surface area contributed by atoms with E-state index in [0.29, 0.717) is 16.5 Å². The summed E-state index contributed by atoms with van der Waals surface area (Å²) in [5.41, 5.74) is 5.51. The molecule has 108 valence electrons. The normalized spacial score (nSPS) is 13.5. The maximum absolute atomic E-state index is 11.3. The summed E-state index contributed by atoms with van der Waals surface area (Å²) in [5, 5.41) is 10.1. The first-order valence-corrected chi connectivity index (χ1v) is 6.61. The van der Waals surface area contributed by atoms with E-state index in [2.05, 4.69) is 0 Å². The van der Waals surface area contributed by atoms with Gasteiger partial charge in [0, 0.05) is 6.42 Å². The number of carboxylic acid groups (broad SMARTS) is 1. The number of halogens is 3. The van der Waals surface area contributed by atoms with Gasteiger partial charge in [0.2, 0.25) is 0 Å². The number of carboxylic acids is 1. The van der Waals surface area contributed by atoms with Gasteiger partial charge in [0.05, 0.1) is 10.0 Å². The number of nitrogens with two attached hydrogens (primary N) is 1. The first-order chi connectivity index (χ1) is 8.39. The molecule has 0 spiro atoms. The highest BCUT2D eigenvalue weighted by Crippen LogP contribution is 2.25. The molecular formula is C13H18Cl3NO2. The van der Waals surface area contributed by atoms with Crippen LogP contribution in [0.4, 0.5) is 0 Å². The van der Waals surface area contributed by atoms with Gasteiger partial charge < -0.3 is 10.8 Å². The zero-order valence-electron chi connectivity index (χ0n) is 10.7. The summed E-state index contributed by atoms with van der Waals surface area (Å²) in [6.45, 7) is 2.00. The molecule has 1 atom stereocenters. The third-order valence-electron chi connectivity index (χ3n) is 2.91. The van der Waals surface area contributed by atoms with Gasteiger partial charge >= 0.3 is 5.97 Å². The van der Waals surface area contributed by atoms with Gasteiger partial charge in [0.15, 0.2) is 0 Å². The maximum atomic E-state index is 11.3. The molecule has 0 aliphatic rings. The molecule has 0 bridgehead atoms. The highest BCUT2D eigenvalue weighted by Gasteiger charge is 2.33. The summed E-state index contributed by atoms with van der Waals surface area (Å²) in [7, 11) is 0. The molecule has 0 saturated heterocycles. The van der Waals surface area contributed by atoms with E-state index in [1.54, 1.807) is 18.2 Å². The standard InChI is InChI=1S/C13H17Cl2NO2.ClH/c1-2-3-6-13(16,12(17)18)8-9-4-5-10(14)11(15)7-9;/h4-5,7H,2-3,6,8,16H2,1H3,(H,17,18);1H. The Hall–Kier alpha value is -0.480. The molecular weight excluding hydrogens is 309 g/mol. The smallest absolute Gasteiger partial charge is 0.324 e. The summed E-state index contributed by atoms with van der Waals surface area (Å²) in [6, 6.07) is 5.08. The Morgan fingerprint density at radius 1 is 1.37 bits per heavy atom. The van der Waals surface area contributed by atoms with Crippen LogP contribution in [0.15, 0.2) is 18.2 Å². The van der Waals surface area contributed by atoms with Gasteiger partial charge in [-0.25, -0.2) is 0 Å². The molecule has 0 fully saturated rings. The predicted molar refractivity (Wildman–Crippen MR) is 81.5 cm³/mol. The van der Waals surface area contributed by atoms with Gasteiger partial charge in [-0.05, 0) is 24.1 Å². The molecule has 0 aliphatic heterocycles. The maximum Gasteiger partial charge on any atom is 0.324 e. The molecule has 6 heteroatoms. The summed E-state index contributed by atoms with van der Waals surface area (Å²) >= 11 is 11.7. The number of benzene rings is 1. The van der Waals surface area contributed by atoms with E-state index in [1.165, 1.54) is 0 Å². The van der Waals surface area contributed by atoms with Crippen LogP contribution in [-0.2, 0) is 11.2 Å². The van der Waals surface area contributed by atoms with Crippen LogP contribution in [0.25, 0.3) is 0 Å². The summed E-state index contributed by atoms with van der Waals surface area (Å²) in [5.74, 6) is -0.984. The number of carbonyl (C=O) groups is 1. The fourth-order valence-electron chi connectivity index (χ4n) is 1.78. The predicted octanol–water partition coefficient (Wildman–Crippen LogP) is 3.93. The lowest BCUT2D eigenvalue weighted by Crippen LogP contribution is -2.49. The van der Waals surface area contributed by atoms with E-state index in [9.17, 15) is 9.90 Å². The van der Waals surface area contributed by atoms with Crippen molar-refractivity contribution in [2.75, 3.05) is 0 Å². The average molecular weight is 327 g/mol. The molecule has 0 saturated carbocycles. The zero-order valence-corrected chi connectivity index (χ0v) is 13.0. The van der Waals surface area contributed by atoms with E-state index in [-0.39, 0.29) is 18.8 Å². The topological polar surface area (TPSA) is 63.3 Å². The quantitative estimate of drug-likeness (QED) is 0.832. The van der Waals surface area contributed by atoms with Crippen LogP contribution in [0.5, 0.6) is 0 Å². The van der Waals surface area contributed by atoms with Crippen LogP contribution >= 0.6 is 35.6 Å². The van der Waals surface area contributed by atoms with Crippen molar-refractivity contribution in [2.24, 2.45) is 5.73 Å². The van der Waals surface area contributed by atoms with E-state index >= 15 is 0 Å². The van der Waals surface area contributed by atoms with Crippen molar-refractivity contribution in [3.05, 3.63) is 33.8 Å². The Balaban J connectivity index is 0.00000324. The van der Waals surface area contributed by atoms with Crippen molar-refractivity contribution in [3.8, 4) is 0 Å². The largest absolute Gasteiger partial charge is 0.480 e. The summed E-state index contributed by atoms with van der Waals surface area (Å²) in [6.07, 6.45) is 2.38. The van der Waals surface area contributed by atoms with Crippen LogP contribution in [0.3, 0.4) is 0 Å². The second-order valence-electron chi connectivity index (χ2n) is 4.49. The number of unbranched alkanes of at least 4 members (excludes halogenated alkanes) is 1. The second kappa shape index (κ2) is 7.95. The molecule has 0 heterocycles. The highest BCUT2D eigenvalue weighted by atomic mass is 35.5. The highest BCUT2D eigenvalue weighted by molar-refractivity contribution is 6.42. The van der Waals surface area contributed by atoms with Crippen molar-refractivity contribution >= 4 is 41.6 Å². The van der Waals surface area contributed by atoms with Crippen molar-refractivity contribution in [2.45, 2.75) is 38.1 Å². The average Bonchev–Trinajstić information content (AvgIpc) is 2.31. The van der Waals surface area contributed by atoms with E-state index in [1.807, 2.05) is 6.92 Å². The molecule has 0 radical (unpaired) electrons. The molecule has 0 aliphatic carbocycles. The lowest BCUT2D eigenvalue weighted by Gasteiger charge is -2.24. The van der Waals surface area contributed by atoms with Crippen LogP contribution in [-0.4, -0.2) is 16.6 Å². The third kappa shape index (κ3) is 5.19. The molecule has 1 aromatic rings. The zero-order chi connectivity index (χ0) is 13.8. The Kier molecular flexibility index (Phi) is 7.75. The number of hydrogen-bond donors (Lipinski definition) is 2. The molecule has 0 amide bonds. The minimum absolute atomic E-state index is 0. The third-order valence-corrected chi connectivity index (χ3v) is 3.64. The summed E-state index contributed by atoms with van der Waals surface area (Å²) < 4.78 is 0. The SMILES string of the molecule is CCCCC(N)(Cc1ccc(Cl)c(Cl)c1)C(=O)O.Cl. The molecule has 1 aromatic carbocycles. The lowest BCUT2D eigenvalue weighted by molar-refractivity contribution is -0.143. The van der Waals surface area contributed by atoms with Crippen LogP contribution in [0.2, 0.25) is 10.0 Å². The summed E-state index contributed by atoms with van der Waals surface area (Å²) in [4.78, 5) is 11.3. The van der Waals surface area contributed by atoms with Gasteiger partial charge in [0.1, 0.15) is 5.54 Å². The van der Waals surface area contributed by atoms with Crippen molar-refractivity contribution in [3.63, 3.8) is 0 Å². The Morgan fingerprint density at radius 2 is 2.00 bits per heavy atom. The number of aliphatic carboxylic acids is 1. The molecule has 1 unspecified atom stereocenters. The Labute approximate surface area is 129 Å². The molecule has 0 aromatic heterocycles. The number of rotatable bonds is 6. The second-order valence-corrected chi connectivity index (χ2v) is 5.30. The Bertz CT molecular complexity index is 440. The molecule has 1 rings (SSSR count). The molecule has 19 heavy (non-hydrogen) atoms. The first-order valence-electron chi connectivity index (χ1n) is 5.85. The van der Waals surface area contributed by atoms with Gasteiger partial charge in [-0.3, -0.25) is 4.79 Å². The fraction of sp³-hybridized carbons (Fsp3) is 0.462. The van der Waals surface area contributed by atoms with Crippen molar-refractivity contribution in [1.82, 2.24) is 0 Å². The van der Waals surface area contributed by atoms with Gasteiger partial charge in [-0.1, -0.05) is 49.0 Å². The van der Waals surface area contributed by atoms with Crippen LogP contribution in [0, 0.1) is 0 Å². The minimum Gasteiger partial charge on any atom is -0.480 e. The van der Waals surface area contributed by atoms with Gasteiger partial charge in [-0.15, -0.1) is 12.4 Å². The van der Waals surface area contributed by atoms with Crippen LogP contribution in [0.1, 0.15) is 31.7 Å². The monoisotopic (exact) mass is 325 g/mol. The van der Waals surface area contributed by atoms with Crippen molar-refractivity contribution in [1.29, 1.82) is 0 Å². The van der Waals surface area contributed by atoms with Crippen LogP contribution < -0.4 is 5.73 Å². The van der Waals surface area contributed by atoms with E-state index in [4.69, 9.17) is 28.9 Å². The molecule has 3 N–H and O–H groups in total. The fourth-order valence-corrected chi connectivity index (χ4v) is 2.10. The van der Waals surface area contributed by atoms with Crippen molar-refractivity contribution < 1.29 is 9.90 Å². The lowest BCUT2D eigenvalue weighted by atomic mass is 9.87. The molecule has 3 nitrogen and oxygen atoms in total. The first kappa shape index (κ1) is 18.5. The Morgan fingerprint density at radius 3 is 2.47 bits per heavy atom. The number of hydrogen-bond acceptors (Lipinski definition) is 2. The van der Waals surface area contributed by atoms with E-state index < -0.39 is 11.5 Å². The minimum atomic E-state index is -1.24. The van der Waals surface area contributed by atoms with Gasteiger partial charge in [0.25, 0.3) is 0 Å². The van der Waals surface area contributed by atoms with Gasteiger partial charge in [-0.2, -0.15) is 0 Å².